The molecule has 3 aliphatic rings. The Morgan fingerprint density at radius 3 is 2.29 bits per heavy atom. The highest BCUT2D eigenvalue weighted by molar-refractivity contribution is 6.26. The highest BCUT2D eigenvalue weighted by atomic mass is 16.5. The summed E-state index contributed by atoms with van der Waals surface area (Å²) in [5.41, 5.74) is 7.10. The van der Waals surface area contributed by atoms with Crippen LogP contribution >= 0.6 is 0 Å². The van der Waals surface area contributed by atoms with Gasteiger partial charge in [-0.1, -0.05) is 24.3 Å². The number of rotatable bonds is 8. The van der Waals surface area contributed by atoms with Crippen LogP contribution in [0.1, 0.15) is 46.4 Å². The van der Waals surface area contributed by atoms with Crippen LogP contribution in [0.15, 0.2) is 35.7 Å². The number of fused-ring (bicyclic) bond motifs is 1. The van der Waals surface area contributed by atoms with Gasteiger partial charge in [-0.15, -0.1) is 0 Å². The standard InChI is InChI=1S/C24H34N4O3/c25-21-22(24(30)20-6-2-1-5-19(20)23(21)29)26-9-13-28-11-7-18(8-12-28)4-3-10-27-14-16-31-17-15-27/h1-2,5-6,18,26H,3-4,7-17,25H2. The number of morpholine rings is 1. The zero-order valence-electron chi connectivity index (χ0n) is 18.3. The van der Waals surface area contributed by atoms with E-state index in [1.807, 2.05) is 0 Å². The molecule has 0 amide bonds. The number of nitrogens with two attached hydrogens (primary N) is 1. The summed E-state index contributed by atoms with van der Waals surface area (Å²) in [7, 11) is 0. The SMILES string of the molecule is NC1=C(NCCN2CCC(CCCN3CCOCC3)CC2)C(=O)c2ccccc2C1=O. The van der Waals surface area contributed by atoms with Gasteiger partial charge in [0.2, 0.25) is 11.6 Å². The van der Waals surface area contributed by atoms with E-state index in [4.69, 9.17) is 10.5 Å². The molecule has 2 saturated heterocycles. The average molecular weight is 427 g/mol. The van der Waals surface area contributed by atoms with E-state index >= 15 is 0 Å². The maximum atomic E-state index is 12.7. The van der Waals surface area contributed by atoms with Crippen molar-refractivity contribution in [1.82, 2.24) is 15.1 Å². The molecule has 1 aliphatic carbocycles. The van der Waals surface area contributed by atoms with Gasteiger partial charge in [0.15, 0.2) is 0 Å². The maximum absolute atomic E-state index is 12.7. The van der Waals surface area contributed by atoms with Crippen LogP contribution in [0.4, 0.5) is 0 Å². The van der Waals surface area contributed by atoms with Gasteiger partial charge >= 0.3 is 0 Å². The third kappa shape index (κ3) is 5.34. The molecule has 168 valence electrons. The fraction of sp³-hybridized carbons (Fsp3) is 0.583. The molecule has 0 atom stereocenters. The number of carbonyl (C=O) groups is 2. The van der Waals surface area contributed by atoms with Crippen LogP contribution in [-0.2, 0) is 4.74 Å². The summed E-state index contributed by atoms with van der Waals surface area (Å²) >= 11 is 0. The predicted octanol–water partition coefficient (Wildman–Crippen LogP) is 1.65. The molecule has 0 radical (unpaired) electrons. The lowest BCUT2D eigenvalue weighted by molar-refractivity contribution is 0.0362. The number of carbonyl (C=O) groups excluding carboxylic acids is 2. The molecular formula is C24H34N4O3. The summed E-state index contributed by atoms with van der Waals surface area (Å²) in [5, 5.41) is 3.15. The third-order valence-corrected chi connectivity index (χ3v) is 6.78. The number of nitrogens with zero attached hydrogens (tertiary/aromatic N) is 2. The molecular weight excluding hydrogens is 392 g/mol. The molecule has 0 saturated carbocycles. The van der Waals surface area contributed by atoms with Crippen molar-refractivity contribution in [2.75, 3.05) is 59.0 Å². The third-order valence-electron chi connectivity index (χ3n) is 6.78. The first-order chi connectivity index (χ1) is 15.1. The summed E-state index contributed by atoms with van der Waals surface area (Å²) in [4.78, 5) is 30.2. The van der Waals surface area contributed by atoms with Crippen molar-refractivity contribution in [2.24, 2.45) is 11.7 Å². The Morgan fingerprint density at radius 1 is 0.935 bits per heavy atom. The summed E-state index contributed by atoms with van der Waals surface area (Å²) in [5.74, 6) is 0.361. The summed E-state index contributed by atoms with van der Waals surface area (Å²) in [6, 6.07) is 6.87. The number of likely N-dealkylation sites (tertiary alicyclic amines) is 1. The quantitative estimate of drug-likeness (QED) is 0.653. The molecule has 2 aliphatic heterocycles. The number of piperidine rings is 1. The van der Waals surface area contributed by atoms with Gasteiger partial charge in [-0.05, 0) is 51.2 Å². The minimum absolute atomic E-state index is 0.0303. The summed E-state index contributed by atoms with van der Waals surface area (Å²) in [6.45, 7) is 8.74. The van der Waals surface area contributed by atoms with Crippen molar-refractivity contribution in [2.45, 2.75) is 25.7 Å². The van der Waals surface area contributed by atoms with Crippen LogP contribution in [0.25, 0.3) is 0 Å². The van der Waals surface area contributed by atoms with Gasteiger partial charge in [-0.25, -0.2) is 0 Å². The normalized spacial score (nSPS) is 21.4. The minimum Gasteiger partial charge on any atom is -0.394 e. The van der Waals surface area contributed by atoms with Crippen molar-refractivity contribution < 1.29 is 14.3 Å². The molecule has 7 heteroatoms. The minimum atomic E-state index is -0.268. The molecule has 0 unspecified atom stereocenters. The van der Waals surface area contributed by atoms with Crippen molar-refractivity contribution >= 4 is 11.6 Å². The second-order valence-electron chi connectivity index (χ2n) is 8.80. The van der Waals surface area contributed by atoms with E-state index in [1.165, 1.54) is 32.2 Å². The molecule has 0 bridgehead atoms. The van der Waals surface area contributed by atoms with E-state index in [9.17, 15) is 9.59 Å². The van der Waals surface area contributed by atoms with Gasteiger partial charge in [0.05, 0.1) is 13.2 Å². The van der Waals surface area contributed by atoms with Gasteiger partial charge in [0.25, 0.3) is 0 Å². The molecule has 2 fully saturated rings. The lowest BCUT2D eigenvalue weighted by Gasteiger charge is -2.33. The second-order valence-corrected chi connectivity index (χ2v) is 8.80. The Balaban J connectivity index is 1.17. The second kappa shape index (κ2) is 10.4. The van der Waals surface area contributed by atoms with E-state index in [2.05, 4.69) is 15.1 Å². The lowest BCUT2D eigenvalue weighted by atomic mass is 9.90. The molecule has 0 aromatic heterocycles. The van der Waals surface area contributed by atoms with Crippen LogP contribution in [0.5, 0.6) is 0 Å². The fourth-order valence-corrected chi connectivity index (χ4v) is 4.84. The number of ketones is 2. The van der Waals surface area contributed by atoms with Gasteiger partial charge < -0.3 is 20.7 Å². The number of benzene rings is 1. The Kier molecular flexibility index (Phi) is 7.37. The lowest BCUT2D eigenvalue weighted by Crippen LogP contribution is -2.41. The Bertz CT molecular complexity index is 824. The van der Waals surface area contributed by atoms with Gasteiger partial charge in [-0.2, -0.15) is 0 Å². The molecule has 7 nitrogen and oxygen atoms in total. The monoisotopic (exact) mass is 426 g/mol. The smallest absolute Gasteiger partial charge is 0.211 e. The largest absolute Gasteiger partial charge is 0.394 e. The number of allylic oxidation sites excluding steroid dienone is 2. The van der Waals surface area contributed by atoms with Crippen molar-refractivity contribution in [3.63, 3.8) is 0 Å². The van der Waals surface area contributed by atoms with E-state index in [-0.39, 0.29) is 23.0 Å². The van der Waals surface area contributed by atoms with Crippen molar-refractivity contribution in [3.05, 3.63) is 46.8 Å². The highest BCUT2D eigenvalue weighted by Gasteiger charge is 2.30. The average Bonchev–Trinajstić information content (AvgIpc) is 2.81. The van der Waals surface area contributed by atoms with E-state index in [1.54, 1.807) is 24.3 Å². The van der Waals surface area contributed by atoms with Crippen LogP contribution in [0.2, 0.25) is 0 Å². The first-order valence-corrected chi connectivity index (χ1v) is 11.6. The van der Waals surface area contributed by atoms with E-state index < -0.39 is 0 Å². The molecule has 4 rings (SSSR count). The highest BCUT2D eigenvalue weighted by Crippen LogP contribution is 2.23. The zero-order chi connectivity index (χ0) is 21.6. The van der Waals surface area contributed by atoms with Crippen LogP contribution < -0.4 is 11.1 Å². The Labute approximate surface area is 184 Å². The van der Waals surface area contributed by atoms with Gasteiger partial charge in [0, 0.05) is 37.3 Å². The predicted molar refractivity (Wildman–Crippen MR) is 120 cm³/mol. The van der Waals surface area contributed by atoms with Crippen LogP contribution in [0.3, 0.4) is 0 Å². The van der Waals surface area contributed by atoms with E-state index in [0.29, 0.717) is 17.7 Å². The molecule has 1 aromatic carbocycles. The first-order valence-electron chi connectivity index (χ1n) is 11.6. The molecule has 31 heavy (non-hydrogen) atoms. The number of nitrogens with one attached hydrogen (secondary N) is 1. The topological polar surface area (TPSA) is 87.9 Å². The fourth-order valence-electron chi connectivity index (χ4n) is 4.84. The number of ether oxygens (including phenoxy) is 1. The van der Waals surface area contributed by atoms with Crippen molar-refractivity contribution in [3.8, 4) is 0 Å². The van der Waals surface area contributed by atoms with Crippen LogP contribution in [0, 0.1) is 5.92 Å². The number of Topliss-reactive ketones (excluding diaryl/α,β-unsaturated/α-hetero) is 2. The Hall–Kier alpha value is -2.22. The molecule has 1 aromatic rings. The van der Waals surface area contributed by atoms with Gasteiger partial charge in [0.1, 0.15) is 11.4 Å². The Morgan fingerprint density at radius 2 is 1.58 bits per heavy atom. The molecule has 2 heterocycles. The number of hydrogen-bond donors (Lipinski definition) is 2. The van der Waals surface area contributed by atoms with Gasteiger partial charge in [-0.3, -0.25) is 14.5 Å². The van der Waals surface area contributed by atoms with E-state index in [0.717, 1.165) is 51.9 Å². The number of hydrogen-bond acceptors (Lipinski definition) is 7. The van der Waals surface area contributed by atoms with Crippen LogP contribution in [-0.4, -0.2) is 80.4 Å². The summed E-state index contributed by atoms with van der Waals surface area (Å²) < 4.78 is 5.41. The first kappa shape index (κ1) is 22.0. The zero-order valence-corrected chi connectivity index (χ0v) is 18.3. The van der Waals surface area contributed by atoms with Crippen molar-refractivity contribution in [1.29, 1.82) is 0 Å². The summed E-state index contributed by atoms with van der Waals surface area (Å²) in [6.07, 6.45) is 5.05. The molecule has 3 N–H and O–H groups in total. The molecule has 0 spiro atoms. The maximum Gasteiger partial charge on any atom is 0.211 e.